The van der Waals surface area contributed by atoms with Gasteiger partial charge < -0.3 is 20.1 Å². The molecule has 26 heavy (non-hydrogen) atoms. The largest absolute Gasteiger partial charge is 0.497 e. The van der Waals surface area contributed by atoms with E-state index in [9.17, 15) is 4.79 Å². The van der Waals surface area contributed by atoms with Crippen molar-refractivity contribution in [1.82, 2.24) is 4.90 Å². The van der Waals surface area contributed by atoms with E-state index in [1.165, 1.54) is 5.56 Å². The molecule has 2 N–H and O–H groups in total. The third-order valence-corrected chi connectivity index (χ3v) is 3.94. The molecule has 0 aliphatic carbocycles. The molecule has 2 aromatic carbocycles. The average Bonchev–Trinajstić information content (AvgIpc) is 2.66. The molecule has 0 heterocycles. The van der Waals surface area contributed by atoms with Gasteiger partial charge in [0.15, 0.2) is 6.10 Å². The first-order chi connectivity index (χ1) is 12.1. The van der Waals surface area contributed by atoms with Crippen LogP contribution in [0.5, 0.6) is 11.5 Å². The number of methoxy groups -OCH3 is 1. The number of benzene rings is 2. The van der Waals surface area contributed by atoms with Gasteiger partial charge in [-0.3, -0.25) is 4.79 Å². The summed E-state index contributed by atoms with van der Waals surface area (Å²) in [5, 5.41) is 0. The number of ether oxygens (including phenoxy) is 2. The molecule has 0 radical (unpaired) electrons. The van der Waals surface area contributed by atoms with Crippen LogP contribution in [-0.4, -0.2) is 43.7 Å². The zero-order valence-electron chi connectivity index (χ0n) is 15.3. The second kappa shape index (κ2) is 11.4. The standard InChI is InChI=1S/C20H26N2O3.ClH/c1-16(25-19-10-8-18(24-2)9-11-19)20(23)22(15-13-21)14-12-17-6-4-3-5-7-17;/h3-11,16H,12-15,21H2,1-2H3;1H. The van der Waals surface area contributed by atoms with E-state index in [0.717, 1.165) is 12.2 Å². The molecule has 2 rings (SSSR count). The van der Waals surface area contributed by atoms with Crippen LogP contribution in [0, 0.1) is 0 Å². The van der Waals surface area contributed by atoms with Gasteiger partial charge in [0.25, 0.3) is 5.91 Å². The van der Waals surface area contributed by atoms with Crippen LogP contribution in [0.15, 0.2) is 54.6 Å². The van der Waals surface area contributed by atoms with Gasteiger partial charge in [0.2, 0.25) is 0 Å². The highest BCUT2D eigenvalue weighted by atomic mass is 35.5. The second-order valence-electron chi connectivity index (χ2n) is 5.79. The molecule has 0 saturated carbocycles. The van der Waals surface area contributed by atoms with Gasteiger partial charge in [0.1, 0.15) is 11.5 Å². The summed E-state index contributed by atoms with van der Waals surface area (Å²) in [4.78, 5) is 14.5. The van der Waals surface area contributed by atoms with Crippen LogP contribution in [0.25, 0.3) is 0 Å². The minimum Gasteiger partial charge on any atom is -0.497 e. The first kappa shape index (κ1) is 21.8. The molecule has 0 aliphatic heterocycles. The Hall–Kier alpha value is -2.24. The van der Waals surface area contributed by atoms with Crippen molar-refractivity contribution in [2.75, 3.05) is 26.7 Å². The van der Waals surface area contributed by atoms with E-state index in [2.05, 4.69) is 12.1 Å². The highest BCUT2D eigenvalue weighted by Gasteiger charge is 2.21. The Morgan fingerprint density at radius 2 is 1.65 bits per heavy atom. The molecule has 0 spiro atoms. The lowest BCUT2D eigenvalue weighted by Crippen LogP contribution is -2.43. The fourth-order valence-electron chi connectivity index (χ4n) is 2.56. The molecule has 5 nitrogen and oxygen atoms in total. The molecule has 2 aromatic rings. The molecule has 6 heteroatoms. The zero-order valence-corrected chi connectivity index (χ0v) is 16.1. The van der Waals surface area contributed by atoms with Crippen molar-refractivity contribution >= 4 is 18.3 Å². The van der Waals surface area contributed by atoms with Gasteiger partial charge in [-0.1, -0.05) is 30.3 Å². The minimum absolute atomic E-state index is 0. The molecule has 1 atom stereocenters. The van der Waals surface area contributed by atoms with Gasteiger partial charge in [-0.05, 0) is 43.2 Å². The Morgan fingerprint density at radius 3 is 2.23 bits per heavy atom. The normalized spacial score (nSPS) is 11.2. The van der Waals surface area contributed by atoms with Gasteiger partial charge >= 0.3 is 0 Å². The Balaban J connectivity index is 0.00000338. The second-order valence-corrected chi connectivity index (χ2v) is 5.79. The number of hydrogen-bond acceptors (Lipinski definition) is 4. The van der Waals surface area contributed by atoms with Gasteiger partial charge in [-0.2, -0.15) is 0 Å². The maximum atomic E-state index is 12.7. The number of carbonyl (C=O) groups is 1. The third kappa shape index (κ3) is 6.58. The number of rotatable bonds is 9. The monoisotopic (exact) mass is 378 g/mol. The van der Waals surface area contributed by atoms with E-state index in [0.29, 0.717) is 25.4 Å². The molecule has 0 aliphatic rings. The van der Waals surface area contributed by atoms with E-state index in [1.807, 2.05) is 18.2 Å². The fourth-order valence-corrected chi connectivity index (χ4v) is 2.56. The molecular formula is C20H27ClN2O3. The van der Waals surface area contributed by atoms with E-state index < -0.39 is 6.10 Å². The van der Waals surface area contributed by atoms with Crippen LogP contribution in [-0.2, 0) is 11.2 Å². The van der Waals surface area contributed by atoms with Gasteiger partial charge in [0, 0.05) is 19.6 Å². The summed E-state index contributed by atoms with van der Waals surface area (Å²) in [5.74, 6) is 1.33. The summed E-state index contributed by atoms with van der Waals surface area (Å²) in [6, 6.07) is 17.3. The Labute approximate surface area is 161 Å². The predicted octanol–water partition coefficient (Wildman–Crippen LogP) is 2.91. The minimum atomic E-state index is -0.573. The van der Waals surface area contributed by atoms with Crippen LogP contribution in [0.3, 0.4) is 0 Å². The fraction of sp³-hybridized carbons (Fsp3) is 0.350. The highest BCUT2D eigenvalue weighted by molar-refractivity contribution is 5.85. The average molecular weight is 379 g/mol. The maximum absolute atomic E-state index is 12.7. The van der Waals surface area contributed by atoms with E-state index in [1.54, 1.807) is 43.2 Å². The number of carbonyl (C=O) groups excluding carboxylic acids is 1. The summed E-state index contributed by atoms with van der Waals surface area (Å²) >= 11 is 0. The van der Waals surface area contributed by atoms with Crippen molar-refractivity contribution in [3.05, 3.63) is 60.2 Å². The van der Waals surface area contributed by atoms with Crippen molar-refractivity contribution in [3.8, 4) is 11.5 Å². The SMILES string of the molecule is COc1ccc(OC(C)C(=O)N(CCN)CCc2ccccc2)cc1.Cl. The Kier molecular flexibility index (Phi) is 9.55. The summed E-state index contributed by atoms with van der Waals surface area (Å²) in [5.41, 5.74) is 6.87. The molecule has 142 valence electrons. The molecule has 0 bridgehead atoms. The van der Waals surface area contributed by atoms with E-state index >= 15 is 0 Å². The Morgan fingerprint density at radius 1 is 1.04 bits per heavy atom. The van der Waals surface area contributed by atoms with Crippen LogP contribution >= 0.6 is 12.4 Å². The predicted molar refractivity (Wildman–Crippen MR) is 106 cm³/mol. The number of hydrogen-bond donors (Lipinski definition) is 1. The lowest BCUT2D eigenvalue weighted by Gasteiger charge is -2.26. The number of halogens is 1. The quantitative estimate of drug-likeness (QED) is 0.728. The van der Waals surface area contributed by atoms with Crippen LogP contribution in [0.4, 0.5) is 0 Å². The molecular weight excluding hydrogens is 352 g/mol. The van der Waals surface area contributed by atoms with Crippen molar-refractivity contribution in [2.45, 2.75) is 19.4 Å². The van der Waals surface area contributed by atoms with Crippen LogP contribution in [0.1, 0.15) is 12.5 Å². The lowest BCUT2D eigenvalue weighted by atomic mass is 10.1. The third-order valence-electron chi connectivity index (χ3n) is 3.94. The number of nitrogens with two attached hydrogens (primary N) is 1. The smallest absolute Gasteiger partial charge is 0.263 e. The molecule has 0 saturated heterocycles. The molecule has 0 aromatic heterocycles. The molecule has 1 unspecified atom stereocenters. The van der Waals surface area contributed by atoms with Crippen molar-refractivity contribution in [2.24, 2.45) is 5.73 Å². The van der Waals surface area contributed by atoms with E-state index in [-0.39, 0.29) is 18.3 Å². The van der Waals surface area contributed by atoms with Gasteiger partial charge in [-0.25, -0.2) is 0 Å². The number of nitrogens with zero attached hydrogens (tertiary/aromatic N) is 1. The van der Waals surface area contributed by atoms with Crippen LogP contribution in [0.2, 0.25) is 0 Å². The lowest BCUT2D eigenvalue weighted by molar-refractivity contribution is -0.137. The summed E-state index contributed by atoms with van der Waals surface area (Å²) in [6.07, 6.45) is 0.220. The van der Waals surface area contributed by atoms with Crippen molar-refractivity contribution in [1.29, 1.82) is 0 Å². The maximum Gasteiger partial charge on any atom is 0.263 e. The topological polar surface area (TPSA) is 64.8 Å². The number of amides is 1. The van der Waals surface area contributed by atoms with E-state index in [4.69, 9.17) is 15.2 Å². The van der Waals surface area contributed by atoms with Crippen LogP contribution < -0.4 is 15.2 Å². The summed E-state index contributed by atoms with van der Waals surface area (Å²) in [7, 11) is 1.61. The zero-order chi connectivity index (χ0) is 18.1. The van der Waals surface area contributed by atoms with Gasteiger partial charge in [0.05, 0.1) is 7.11 Å². The summed E-state index contributed by atoms with van der Waals surface area (Å²) in [6.45, 7) is 3.33. The highest BCUT2D eigenvalue weighted by Crippen LogP contribution is 2.18. The molecule has 0 fully saturated rings. The van der Waals surface area contributed by atoms with Crippen molar-refractivity contribution in [3.63, 3.8) is 0 Å². The Bertz CT molecular complexity index is 650. The summed E-state index contributed by atoms with van der Waals surface area (Å²) < 4.78 is 10.9. The van der Waals surface area contributed by atoms with Gasteiger partial charge in [-0.15, -0.1) is 12.4 Å². The van der Waals surface area contributed by atoms with Crippen molar-refractivity contribution < 1.29 is 14.3 Å². The first-order valence-corrected chi connectivity index (χ1v) is 8.47. The molecule has 1 amide bonds. The first-order valence-electron chi connectivity index (χ1n) is 8.47.